The topological polar surface area (TPSA) is 230 Å². The molecule has 0 aromatic carbocycles. The molecule has 0 bridgehead atoms. The number of hydrogen-bond acceptors (Lipinski definition) is 10. The summed E-state index contributed by atoms with van der Waals surface area (Å²) < 4.78 is 48.3. The van der Waals surface area contributed by atoms with Crippen molar-refractivity contribution in [1.82, 2.24) is 0 Å². The Hall–Kier alpha value is 0.250. The minimum atomic E-state index is -5.64. The van der Waals surface area contributed by atoms with Crippen LogP contribution in [0.15, 0.2) is 0 Å². The van der Waals surface area contributed by atoms with E-state index >= 15 is 0 Å². The van der Waals surface area contributed by atoms with Crippen molar-refractivity contribution < 1.29 is 66.5 Å². The lowest BCUT2D eigenvalue weighted by Crippen LogP contribution is -2.34. The summed E-state index contributed by atoms with van der Waals surface area (Å²) >= 11 is 0. The Morgan fingerprint density at radius 2 is 1.41 bits per heavy atom. The van der Waals surface area contributed by atoms with Gasteiger partial charge in [-0.25, -0.2) is 13.7 Å². The molecule has 0 amide bonds. The van der Waals surface area contributed by atoms with Gasteiger partial charge in [0.1, 0.15) is 18.3 Å². The zero-order valence-electron chi connectivity index (χ0n) is 10.3. The molecule has 17 heteroatoms. The molecule has 7 N–H and O–H groups in total. The van der Waals surface area contributed by atoms with E-state index in [9.17, 15) is 18.8 Å². The Kier molecular flexibility index (Phi) is 6.47. The van der Waals surface area contributed by atoms with Gasteiger partial charge in [0.15, 0.2) is 6.29 Å². The first-order valence-corrected chi connectivity index (χ1v) is 9.72. The predicted octanol–water partition coefficient (Wildman–Crippen LogP) is -2.23. The van der Waals surface area contributed by atoms with Gasteiger partial charge in [-0.05, 0) is 0 Å². The van der Waals surface area contributed by atoms with Crippen LogP contribution >= 0.6 is 23.5 Å². The summed E-state index contributed by atoms with van der Waals surface area (Å²) in [7, 11) is -16.5. The second kappa shape index (κ2) is 7.01. The van der Waals surface area contributed by atoms with Gasteiger partial charge in [-0.15, -0.1) is 0 Å². The first-order chi connectivity index (χ1) is 9.72. The fraction of sp³-hybridized carbons (Fsp3) is 1.00. The van der Waals surface area contributed by atoms with E-state index in [-0.39, 0.29) is 0 Å². The van der Waals surface area contributed by atoms with E-state index in [1.54, 1.807) is 0 Å². The highest BCUT2D eigenvalue weighted by atomic mass is 31.3. The molecule has 1 heterocycles. The second-order valence-corrected chi connectivity index (χ2v) is 8.35. The highest BCUT2D eigenvalue weighted by Gasteiger charge is 2.45. The molecule has 1 saturated heterocycles. The Labute approximate surface area is 122 Å². The van der Waals surface area contributed by atoms with E-state index in [1.807, 2.05) is 0 Å². The van der Waals surface area contributed by atoms with Gasteiger partial charge in [0.25, 0.3) is 0 Å². The van der Waals surface area contributed by atoms with Crippen molar-refractivity contribution in [3.63, 3.8) is 0 Å². The minimum absolute atomic E-state index is 0.973. The van der Waals surface area contributed by atoms with Crippen LogP contribution in [0.4, 0.5) is 0 Å². The van der Waals surface area contributed by atoms with E-state index < -0.39 is 54.7 Å². The summed E-state index contributed by atoms with van der Waals surface area (Å²) in [5.41, 5.74) is 0. The molecule has 0 spiro atoms. The van der Waals surface area contributed by atoms with Crippen molar-refractivity contribution in [3.8, 4) is 0 Å². The van der Waals surface area contributed by atoms with Crippen LogP contribution in [0.1, 0.15) is 0 Å². The van der Waals surface area contributed by atoms with Crippen molar-refractivity contribution in [2.45, 2.75) is 24.6 Å². The molecular formula is C5H13O14P3. The smallest absolute Gasteiger partial charge is 0.387 e. The molecule has 0 aromatic rings. The van der Waals surface area contributed by atoms with Gasteiger partial charge in [-0.3, -0.25) is 4.52 Å². The lowest BCUT2D eigenvalue weighted by atomic mass is 10.1. The summed E-state index contributed by atoms with van der Waals surface area (Å²) in [5.74, 6) is 0. The zero-order chi connectivity index (χ0) is 17.3. The quantitative estimate of drug-likeness (QED) is 0.228. The molecule has 1 aliphatic rings. The van der Waals surface area contributed by atoms with Gasteiger partial charge in [0, 0.05) is 0 Å². The van der Waals surface area contributed by atoms with Crippen molar-refractivity contribution in [2.75, 3.05) is 6.61 Å². The lowest BCUT2D eigenvalue weighted by Gasteiger charge is -2.18. The predicted molar refractivity (Wildman–Crippen MR) is 62.7 cm³/mol. The second-order valence-electron chi connectivity index (χ2n) is 3.93. The highest BCUT2D eigenvalue weighted by molar-refractivity contribution is 7.66. The third kappa shape index (κ3) is 6.40. The standard InChI is InChI=1S/C5H13O14P3/c6-3-2(17-5(8)4(3)7)1-16-21(12,13)19-22(14,15)18-20(9,10)11/h2-8H,1H2,(H,12,13)(H,14,15)(H2,9,10,11)/t2-,3-,4-,5+/m1/s1. The molecule has 1 rings (SSSR count). The average Bonchev–Trinajstić information content (AvgIpc) is 2.49. The van der Waals surface area contributed by atoms with Crippen molar-refractivity contribution in [1.29, 1.82) is 0 Å². The summed E-state index contributed by atoms with van der Waals surface area (Å²) in [6.07, 6.45) is -6.67. The van der Waals surface area contributed by atoms with Crippen LogP contribution in [0, 0.1) is 0 Å². The number of phosphoric ester groups is 1. The maximum Gasteiger partial charge on any atom is 0.490 e. The number of hydrogen-bond donors (Lipinski definition) is 7. The van der Waals surface area contributed by atoms with Gasteiger partial charge in [0.05, 0.1) is 6.61 Å². The summed E-state index contributed by atoms with van der Waals surface area (Å²) in [6.45, 7) is -0.973. The van der Waals surface area contributed by atoms with E-state index in [4.69, 9.17) is 29.8 Å². The molecule has 14 nitrogen and oxygen atoms in total. The first-order valence-electron chi connectivity index (χ1n) is 5.20. The molecule has 132 valence electrons. The van der Waals surface area contributed by atoms with E-state index in [0.717, 1.165) is 0 Å². The Morgan fingerprint density at radius 1 is 0.864 bits per heavy atom. The number of aliphatic hydroxyl groups is 3. The van der Waals surface area contributed by atoms with E-state index in [0.29, 0.717) is 0 Å². The van der Waals surface area contributed by atoms with E-state index in [2.05, 4.69) is 17.9 Å². The SMILES string of the molecule is O=P(O)(O)OP(=O)(O)OP(=O)(O)OC[C@H]1O[C@H](O)[C@H](O)[C@@H]1O. The van der Waals surface area contributed by atoms with Gasteiger partial charge in [-0.2, -0.15) is 8.62 Å². The number of ether oxygens (including phenoxy) is 1. The van der Waals surface area contributed by atoms with Gasteiger partial charge < -0.3 is 39.6 Å². The zero-order valence-corrected chi connectivity index (χ0v) is 13.0. The molecule has 22 heavy (non-hydrogen) atoms. The maximum absolute atomic E-state index is 11.3. The van der Waals surface area contributed by atoms with Gasteiger partial charge in [0.2, 0.25) is 0 Å². The normalized spacial score (nSPS) is 35.0. The van der Waals surface area contributed by atoms with Crippen LogP contribution in [0.5, 0.6) is 0 Å². The molecule has 1 aliphatic heterocycles. The van der Waals surface area contributed by atoms with Crippen LogP contribution in [0.3, 0.4) is 0 Å². The van der Waals surface area contributed by atoms with E-state index in [1.165, 1.54) is 0 Å². The highest BCUT2D eigenvalue weighted by Crippen LogP contribution is 2.66. The number of phosphoric acid groups is 3. The van der Waals surface area contributed by atoms with Crippen molar-refractivity contribution >= 4 is 23.5 Å². The van der Waals surface area contributed by atoms with Crippen LogP contribution in [-0.4, -0.2) is 66.1 Å². The molecule has 0 aliphatic carbocycles. The van der Waals surface area contributed by atoms with Crippen LogP contribution in [0.25, 0.3) is 0 Å². The molecule has 6 atom stereocenters. The fourth-order valence-corrected chi connectivity index (χ4v) is 4.37. The Balaban J connectivity index is 2.60. The monoisotopic (exact) mass is 390 g/mol. The van der Waals surface area contributed by atoms with Gasteiger partial charge >= 0.3 is 23.5 Å². The van der Waals surface area contributed by atoms with Gasteiger partial charge in [-0.1, -0.05) is 0 Å². The Bertz CT molecular complexity index is 527. The van der Waals surface area contributed by atoms with Crippen LogP contribution in [-0.2, 0) is 31.6 Å². The fourth-order valence-electron chi connectivity index (χ4n) is 1.34. The molecular weight excluding hydrogens is 377 g/mol. The first kappa shape index (κ1) is 20.3. The Morgan fingerprint density at radius 3 is 1.82 bits per heavy atom. The number of rotatable bonds is 7. The summed E-state index contributed by atoms with van der Waals surface area (Å²) in [6, 6.07) is 0. The van der Waals surface area contributed by atoms with Crippen LogP contribution < -0.4 is 0 Å². The maximum atomic E-state index is 11.3. The third-order valence-electron chi connectivity index (χ3n) is 2.16. The number of aliphatic hydroxyl groups excluding tert-OH is 3. The average molecular weight is 390 g/mol. The van der Waals surface area contributed by atoms with Crippen molar-refractivity contribution in [2.24, 2.45) is 0 Å². The van der Waals surface area contributed by atoms with Crippen LogP contribution in [0.2, 0.25) is 0 Å². The summed E-state index contributed by atoms with van der Waals surface area (Å²) in [4.78, 5) is 34.6. The minimum Gasteiger partial charge on any atom is -0.387 e. The largest absolute Gasteiger partial charge is 0.490 e. The van der Waals surface area contributed by atoms with Crippen molar-refractivity contribution in [3.05, 3.63) is 0 Å². The molecule has 0 saturated carbocycles. The lowest BCUT2D eigenvalue weighted by molar-refractivity contribution is -0.132. The third-order valence-corrected chi connectivity index (χ3v) is 5.96. The molecule has 1 fully saturated rings. The molecule has 0 aromatic heterocycles. The molecule has 2 unspecified atom stereocenters. The summed E-state index contributed by atoms with van der Waals surface area (Å²) in [5, 5.41) is 27.5. The molecule has 0 radical (unpaired) electrons.